The lowest BCUT2D eigenvalue weighted by Crippen LogP contribution is -2.55. The summed E-state index contributed by atoms with van der Waals surface area (Å²) in [4.78, 5) is 39.5. The third kappa shape index (κ3) is 4.14. The lowest BCUT2D eigenvalue weighted by molar-refractivity contribution is -0.120. The van der Waals surface area contributed by atoms with Crippen LogP contribution in [0.1, 0.15) is 58.8 Å². The Bertz CT molecular complexity index is 818. The highest BCUT2D eigenvalue weighted by atomic mass is 16.2. The van der Waals surface area contributed by atoms with Crippen molar-refractivity contribution in [2.45, 2.75) is 76.9 Å². The molecule has 1 saturated heterocycles. The highest BCUT2D eigenvalue weighted by Crippen LogP contribution is 2.40. The van der Waals surface area contributed by atoms with Crippen molar-refractivity contribution in [1.29, 1.82) is 0 Å². The molecule has 1 aliphatic carbocycles. The Kier molecular flexibility index (Phi) is 6.20. The van der Waals surface area contributed by atoms with Crippen molar-refractivity contribution in [3.63, 3.8) is 0 Å². The predicted octanol–water partition coefficient (Wildman–Crippen LogP) is 2.57. The number of hydrogen-bond donors (Lipinski definition) is 2. The number of rotatable bonds is 5. The molecule has 170 valence electrons. The van der Waals surface area contributed by atoms with Crippen molar-refractivity contribution in [1.82, 2.24) is 14.9 Å². The van der Waals surface area contributed by atoms with Crippen LogP contribution in [0.2, 0.25) is 0 Å². The van der Waals surface area contributed by atoms with Crippen molar-refractivity contribution in [3.8, 4) is 0 Å². The largest absolute Gasteiger partial charge is 0.351 e. The van der Waals surface area contributed by atoms with Gasteiger partial charge in [-0.25, -0.2) is 9.78 Å². The lowest BCUT2D eigenvalue weighted by atomic mass is 9.90. The first-order valence-corrected chi connectivity index (χ1v) is 11.6. The van der Waals surface area contributed by atoms with Crippen LogP contribution in [-0.2, 0) is 4.79 Å². The van der Waals surface area contributed by atoms with Crippen LogP contribution >= 0.6 is 0 Å². The molecule has 1 aromatic rings. The fourth-order valence-electron chi connectivity index (χ4n) is 5.39. The first kappa shape index (κ1) is 21.6. The summed E-state index contributed by atoms with van der Waals surface area (Å²) in [5.74, 6) is 2.02. The summed E-state index contributed by atoms with van der Waals surface area (Å²) in [6.45, 7) is 5.60. The summed E-state index contributed by atoms with van der Waals surface area (Å²) >= 11 is 0. The topological polar surface area (TPSA) is 108 Å². The van der Waals surface area contributed by atoms with E-state index in [1.54, 1.807) is 16.0 Å². The molecule has 1 aromatic heterocycles. The van der Waals surface area contributed by atoms with E-state index < -0.39 is 0 Å². The molecule has 3 aliphatic rings. The van der Waals surface area contributed by atoms with Gasteiger partial charge in [0, 0.05) is 32.2 Å². The molecule has 4 rings (SSSR count). The molecular weight excluding hydrogens is 394 g/mol. The number of carbonyl (C=O) groups is 2. The van der Waals surface area contributed by atoms with E-state index >= 15 is 0 Å². The van der Waals surface area contributed by atoms with Gasteiger partial charge in [-0.05, 0) is 44.9 Å². The van der Waals surface area contributed by atoms with Crippen LogP contribution in [0.3, 0.4) is 0 Å². The zero-order chi connectivity index (χ0) is 22.1. The van der Waals surface area contributed by atoms with E-state index in [0.717, 1.165) is 43.6 Å². The molecule has 0 bridgehead atoms. The van der Waals surface area contributed by atoms with E-state index in [1.165, 1.54) is 12.8 Å². The standard InChI is InChI=1S/C22H35N7O2/c1-4-17-20(30)27(3)18-13-24-22(26-19(18)29(17)16-7-5-6-8-16)25-14(2)15-9-11-28(12-10-15)21(23)31/h13-17H,4-12H2,1-3H3,(H2,23,31)(H,24,25,26). The van der Waals surface area contributed by atoms with Crippen LogP contribution in [0.4, 0.5) is 22.2 Å². The van der Waals surface area contributed by atoms with Gasteiger partial charge in [-0.1, -0.05) is 19.8 Å². The molecular formula is C22H35N7O2. The number of likely N-dealkylation sites (N-methyl/N-ethyl adjacent to an activating group) is 1. The molecule has 1 saturated carbocycles. The van der Waals surface area contributed by atoms with Crippen molar-refractivity contribution in [2.75, 3.05) is 35.3 Å². The summed E-state index contributed by atoms with van der Waals surface area (Å²) in [7, 11) is 1.82. The SMILES string of the molecule is CCC1C(=O)N(C)c2cnc(NC(C)C3CCN(C(N)=O)CC3)nc2N1C1CCCC1. The molecule has 3 amide bonds. The number of piperidine rings is 1. The van der Waals surface area contributed by atoms with Gasteiger partial charge in [0.1, 0.15) is 11.7 Å². The Morgan fingerprint density at radius 3 is 2.55 bits per heavy atom. The van der Waals surface area contributed by atoms with Gasteiger partial charge in [-0.15, -0.1) is 0 Å². The molecule has 9 heteroatoms. The Labute approximate surface area is 184 Å². The average molecular weight is 430 g/mol. The lowest BCUT2D eigenvalue weighted by Gasteiger charge is -2.43. The second-order valence-electron chi connectivity index (χ2n) is 9.17. The third-order valence-electron chi connectivity index (χ3n) is 7.33. The number of carbonyl (C=O) groups excluding carboxylic acids is 2. The molecule has 31 heavy (non-hydrogen) atoms. The number of fused-ring (bicyclic) bond motifs is 1. The second kappa shape index (κ2) is 8.88. The van der Waals surface area contributed by atoms with Crippen LogP contribution in [0.5, 0.6) is 0 Å². The van der Waals surface area contributed by atoms with Gasteiger partial charge < -0.3 is 25.8 Å². The predicted molar refractivity (Wildman–Crippen MR) is 121 cm³/mol. The summed E-state index contributed by atoms with van der Waals surface area (Å²) in [5.41, 5.74) is 6.19. The van der Waals surface area contributed by atoms with E-state index in [4.69, 9.17) is 10.7 Å². The van der Waals surface area contributed by atoms with E-state index in [-0.39, 0.29) is 24.0 Å². The number of aromatic nitrogens is 2. The summed E-state index contributed by atoms with van der Waals surface area (Å²) < 4.78 is 0. The number of urea groups is 1. The number of likely N-dealkylation sites (tertiary alicyclic amines) is 1. The first-order valence-electron chi connectivity index (χ1n) is 11.6. The molecule has 2 fully saturated rings. The molecule has 0 aromatic carbocycles. The zero-order valence-corrected chi connectivity index (χ0v) is 18.9. The number of amides is 3. The number of primary amides is 1. The summed E-state index contributed by atoms with van der Waals surface area (Å²) in [5, 5.41) is 3.49. The van der Waals surface area contributed by atoms with Crippen molar-refractivity contribution < 1.29 is 9.59 Å². The molecule has 2 unspecified atom stereocenters. The molecule has 2 atom stereocenters. The quantitative estimate of drug-likeness (QED) is 0.745. The Hall–Kier alpha value is -2.58. The number of nitrogens with two attached hydrogens (primary N) is 1. The number of hydrogen-bond acceptors (Lipinski definition) is 6. The third-order valence-corrected chi connectivity index (χ3v) is 7.33. The molecule has 3 heterocycles. The minimum atomic E-state index is -0.340. The molecule has 3 N–H and O–H groups in total. The zero-order valence-electron chi connectivity index (χ0n) is 18.9. The average Bonchev–Trinajstić information content (AvgIpc) is 3.30. The normalized spacial score (nSPS) is 23.8. The maximum absolute atomic E-state index is 13.0. The maximum atomic E-state index is 13.0. The Morgan fingerprint density at radius 2 is 1.94 bits per heavy atom. The van der Waals surface area contributed by atoms with E-state index in [2.05, 4.69) is 29.0 Å². The van der Waals surface area contributed by atoms with Gasteiger partial charge >= 0.3 is 6.03 Å². The smallest absolute Gasteiger partial charge is 0.314 e. The summed E-state index contributed by atoms with van der Waals surface area (Å²) in [6.07, 6.45) is 8.97. The molecule has 2 aliphatic heterocycles. The summed E-state index contributed by atoms with van der Waals surface area (Å²) in [6, 6.07) is 0.0321. The Balaban J connectivity index is 1.54. The van der Waals surface area contributed by atoms with Crippen LogP contribution in [-0.4, -0.2) is 65.1 Å². The Morgan fingerprint density at radius 1 is 1.26 bits per heavy atom. The van der Waals surface area contributed by atoms with Crippen LogP contribution in [0.15, 0.2) is 6.20 Å². The van der Waals surface area contributed by atoms with Crippen molar-refractivity contribution >= 4 is 29.4 Å². The van der Waals surface area contributed by atoms with Crippen molar-refractivity contribution in [2.24, 2.45) is 11.7 Å². The highest BCUT2D eigenvalue weighted by molar-refractivity contribution is 6.04. The van der Waals surface area contributed by atoms with Crippen LogP contribution in [0.25, 0.3) is 0 Å². The fraction of sp³-hybridized carbons (Fsp3) is 0.727. The number of nitrogens with zero attached hydrogens (tertiary/aromatic N) is 5. The maximum Gasteiger partial charge on any atom is 0.314 e. The van der Waals surface area contributed by atoms with Gasteiger partial charge in [0.15, 0.2) is 5.82 Å². The highest BCUT2D eigenvalue weighted by Gasteiger charge is 2.41. The fourth-order valence-corrected chi connectivity index (χ4v) is 5.39. The van der Waals surface area contributed by atoms with Crippen LogP contribution in [0, 0.1) is 5.92 Å². The number of anilines is 3. The van der Waals surface area contributed by atoms with Gasteiger partial charge in [0.2, 0.25) is 11.9 Å². The molecule has 0 radical (unpaired) electrons. The van der Waals surface area contributed by atoms with Gasteiger partial charge in [-0.2, -0.15) is 4.98 Å². The second-order valence-corrected chi connectivity index (χ2v) is 9.17. The monoisotopic (exact) mass is 429 g/mol. The van der Waals surface area contributed by atoms with Gasteiger partial charge in [0.25, 0.3) is 0 Å². The minimum Gasteiger partial charge on any atom is -0.351 e. The first-order chi connectivity index (χ1) is 14.9. The molecule has 9 nitrogen and oxygen atoms in total. The van der Waals surface area contributed by atoms with Gasteiger partial charge in [-0.3, -0.25) is 4.79 Å². The van der Waals surface area contributed by atoms with E-state index in [0.29, 0.717) is 31.0 Å². The van der Waals surface area contributed by atoms with E-state index in [1.807, 2.05) is 7.05 Å². The molecule has 0 spiro atoms. The number of nitrogens with one attached hydrogen (secondary N) is 1. The van der Waals surface area contributed by atoms with E-state index in [9.17, 15) is 9.59 Å². The van der Waals surface area contributed by atoms with Crippen LogP contribution < -0.4 is 20.9 Å². The van der Waals surface area contributed by atoms with Gasteiger partial charge in [0.05, 0.1) is 6.20 Å². The van der Waals surface area contributed by atoms with Crippen molar-refractivity contribution in [3.05, 3.63) is 6.20 Å². The minimum absolute atomic E-state index is 0.126.